The Morgan fingerprint density at radius 1 is 0.504 bits per heavy atom. The second kappa shape index (κ2) is 68.6. The number of amides is 3. The molecule has 4 aliphatic rings. The number of hydrogen-bond acceptors (Lipinski definition) is 37. The molecule has 4 aromatic rings. The predicted molar refractivity (Wildman–Crippen MR) is 496 cm³/mol. The summed E-state index contributed by atoms with van der Waals surface area (Å²) < 4.78 is 140. The van der Waals surface area contributed by atoms with Crippen molar-refractivity contribution in [3.05, 3.63) is 138 Å². The number of rotatable bonds is 83. The van der Waals surface area contributed by atoms with E-state index < -0.39 is 33.4 Å². The Morgan fingerprint density at radius 2 is 0.883 bits per heavy atom. The van der Waals surface area contributed by atoms with Gasteiger partial charge in [-0.25, -0.2) is 23.9 Å². The summed E-state index contributed by atoms with van der Waals surface area (Å²) in [7, 11) is 1.61. The maximum atomic E-state index is 14.2. The van der Waals surface area contributed by atoms with Crippen molar-refractivity contribution in [2.24, 2.45) is 0 Å². The number of fused-ring (bicyclic) bond motifs is 4. The number of thiocarbonyl (C=S) groups is 1. The topological polar surface area (TPSA) is 512 Å². The Hall–Kier alpha value is -9.45. The zero-order valence-electron chi connectivity index (χ0n) is 78.8. The Balaban J connectivity index is 0.700. The number of nitrogens with zero attached hydrogens (tertiary/aromatic N) is 6. The van der Waals surface area contributed by atoms with Gasteiger partial charge in [-0.1, -0.05) is 23.8 Å². The van der Waals surface area contributed by atoms with Crippen LogP contribution in [0.1, 0.15) is 82.9 Å². The number of benzene rings is 2. The first kappa shape index (κ1) is 113. The SMILES string of the molecule is COCCOCCOCCOCCOc1c(OCCOCCOCCOCCOCCOCCOCCOCCOCCC(=O)NCCn2c([N+](=O)[O-])cnc2C)cc(C(=O)NCCCNC(=S)Nc2ccc3c(c2)C(=O)OC32C3=C(CC4=C2CCC(O)=C4)CC(O)C=C3)cc1OCCOCCOCCOCCOCCOCCOCCOCCOCCC(=O)NCCn1c([N+](=O)[O-])cnc1C. The van der Waals surface area contributed by atoms with Gasteiger partial charge in [-0.3, -0.25) is 14.4 Å². The highest BCUT2D eigenvalue weighted by Gasteiger charge is 2.54. The van der Waals surface area contributed by atoms with Crippen LogP contribution in [0.3, 0.4) is 0 Å². The first-order valence-corrected chi connectivity index (χ1v) is 46.7. The van der Waals surface area contributed by atoms with Gasteiger partial charge in [0.15, 0.2) is 33.9 Å². The number of aliphatic hydroxyl groups is 2. The minimum Gasteiger partial charge on any atom is -0.512 e. The van der Waals surface area contributed by atoms with Gasteiger partial charge in [0.25, 0.3) is 5.91 Å². The number of ether oxygens (including phenoxy) is 24. The second-order valence-corrected chi connectivity index (χ2v) is 31.0. The molecule has 2 unspecified atom stereocenters. The van der Waals surface area contributed by atoms with Gasteiger partial charge in [0, 0.05) is 75.7 Å². The zero-order valence-corrected chi connectivity index (χ0v) is 79.6. The molecule has 45 nitrogen and oxygen atoms in total. The van der Waals surface area contributed by atoms with Crippen LogP contribution < -0.4 is 40.8 Å². The third-order valence-corrected chi connectivity index (χ3v) is 21.0. The number of anilines is 1. The highest BCUT2D eigenvalue weighted by atomic mass is 32.1. The van der Waals surface area contributed by atoms with Gasteiger partial charge in [0.2, 0.25) is 17.6 Å². The summed E-state index contributed by atoms with van der Waals surface area (Å²) in [6, 6.07) is 8.56. The molecule has 2 aromatic heterocycles. The van der Waals surface area contributed by atoms with Crippen molar-refractivity contribution in [2.75, 3.05) is 316 Å². The lowest BCUT2D eigenvalue weighted by molar-refractivity contribution is -0.392. The average Bonchev–Trinajstić information content (AvgIpc) is 1.55. The van der Waals surface area contributed by atoms with E-state index >= 15 is 0 Å². The third-order valence-electron chi connectivity index (χ3n) is 20.8. The van der Waals surface area contributed by atoms with E-state index in [1.807, 2.05) is 18.2 Å². The molecule has 0 radical (unpaired) electrons. The van der Waals surface area contributed by atoms with E-state index in [4.69, 9.17) is 126 Å². The molecule has 2 atom stereocenters. The largest absolute Gasteiger partial charge is 0.512 e. The minimum atomic E-state index is -1.18. The molecule has 1 spiro atoms. The molecule has 766 valence electrons. The van der Waals surface area contributed by atoms with Crippen LogP contribution in [0.4, 0.5) is 17.3 Å². The van der Waals surface area contributed by atoms with Crippen molar-refractivity contribution in [2.45, 2.75) is 83.6 Å². The molecule has 7 N–H and O–H groups in total. The number of nitrogens with one attached hydrogen (secondary N) is 5. The summed E-state index contributed by atoms with van der Waals surface area (Å²) in [6.07, 6.45) is 9.64. The maximum Gasteiger partial charge on any atom is 0.342 e. The van der Waals surface area contributed by atoms with Crippen molar-refractivity contribution in [3.63, 3.8) is 0 Å². The number of aromatic nitrogens is 4. The van der Waals surface area contributed by atoms with Gasteiger partial charge in [0.05, 0.1) is 288 Å². The molecular weight excluding hydrogens is 1820 g/mol. The van der Waals surface area contributed by atoms with Crippen LogP contribution in [0, 0.1) is 34.1 Å². The van der Waals surface area contributed by atoms with E-state index in [-0.39, 0.29) is 189 Å². The number of aliphatic hydroxyl groups excluding tert-OH is 2. The highest BCUT2D eigenvalue weighted by Crippen LogP contribution is 2.57. The fourth-order valence-electron chi connectivity index (χ4n) is 14.1. The van der Waals surface area contributed by atoms with Crippen LogP contribution in [-0.2, 0) is 128 Å². The molecular formula is C91H137N11O34S. The minimum absolute atomic E-state index is 0.0485. The van der Waals surface area contributed by atoms with E-state index in [2.05, 4.69) is 36.6 Å². The van der Waals surface area contributed by atoms with Crippen LogP contribution in [0.5, 0.6) is 17.2 Å². The fraction of sp³-hybridized carbons (Fsp3) is 0.659. The number of nitro groups is 2. The molecule has 0 saturated heterocycles. The van der Waals surface area contributed by atoms with Crippen LogP contribution in [-0.4, -0.2) is 385 Å². The molecule has 0 bridgehead atoms. The van der Waals surface area contributed by atoms with E-state index in [9.17, 15) is 49.6 Å². The lowest BCUT2D eigenvalue weighted by atomic mass is 9.66. The van der Waals surface area contributed by atoms with Crippen molar-refractivity contribution in [1.82, 2.24) is 40.4 Å². The Kier molecular flexibility index (Phi) is 56.5. The van der Waals surface area contributed by atoms with Gasteiger partial charge >= 0.3 is 17.6 Å². The highest BCUT2D eigenvalue weighted by molar-refractivity contribution is 7.80. The van der Waals surface area contributed by atoms with E-state index in [1.54, 1.807) is 51.3 Å². The molecule has 2 aromatic carbocycles. The molecule has 8 rings (SSSR count). The monoisotopic (exact) mass is 1960 g/mol. The predicted octanol–water partition coefficient (Wildman–Crippen LogP) is 5.05. The number of esters is 1. The number of aryl methyl sites for hydroxylation is 2. The molecule has 46 heteroatoms. The van der Waals surface area contributed by atoms with Crippen LogP contribution in [0.15, 0.2) is 89.0 Å². The van der Waals surface area contributed by atoms with E-state index in [0.717, 1.165) is 22.3 Å². The fourth-order valence-corrected chi connectivity index (χ4v) is 14.3. The van der Waals surface area contributed by atoms with Gasteiger partial charge in [-0.05, 0) is 89.2 Å². The van der Waals surface area contributed by atoms with Crippen LogP contribution in [0.25, 0.3) is 0 Å². The first-order chi connectivity index (χ1) is 67.0. The average molecular weight is 1960 g/mol. The number of imidazole rings is 2. The number of carbonyl (C=O) groups is 4. The summed E-state index contributed by atoms with van der Waals surface area (Å²) in [6.45, 7) is 17.9. The van der Waals surface area contributed by atoms with Crippen LogP contribution in [0.2, 0.25) is 0 Å². The van der Waals surface area contributed by atoms with Crippen molar-refractivity contribution >= 4 is 58.3 Å². The first-order valence-electron chi connectivity index (χ1n) is 46.3. The number of methoxy groups -OCH3 is 1. The normalized spacial score (nSPS) is 14.9. The number of hydrogen-bond donors (Lipinski definition) is 7. The summed E-state index contributed by atoms with van der Waals surface area (Å²) in [5.74, 6) is 0.241. The molecule has 3 amide bonds. The van der Waals surface area contributed by atoms with Crippen molar-refractivity contribution in [1.29, 1.82) is 0 Å². The van der Waals surface area contributed by atoms with E-state index in [1.165, 1.54) is 21.5 Å². The standard InChI is InChI=1S/C91H137N11O34S/c1-69-96-67-85(101(109)110)99(69)17-15-92-83(105)11-19-114-23-25-117-29-31-120-33-35-122-37-39-124-41-43-126-45-47-128-49-52-130-55-58-133-81-64-73(88(107)94-13-4-14-95-90(137)98-74-5-8-80-77(66-74)89(108)136-91(80)78-9-6-75(103)62-71(78)61-72-63-76(104)7-10-79(72)91)65-82(87(81)135-60-57-132-54-51-119-28-27-116-22-21-113-3)134-59-56-131-53-50-129-48-46-127-44-42-125-40-38-123-36-34-121-32-30-118-26-24-115-20-12-84(106)93-16-18-100-70(2)97-68-86(100)102(111)112/h5-6,8-9,63-68,75,103-104H,4,7,10-62H2,1-3H3,(H,92,105)(H,93,106)(H,94,107)(H2,95,98,137). The van der Waals surface area contributed by atoms with E-state index in [0.29, 0.717) is 259 Å². The molecule has 1 aliphatic heterocycles. The molecule has 0 fully saturated rings. The Bertz CT molecular complexity index is 4190. The number of carbonyl (C=O) groups excluding carboxylic acids is 4. The Morgan fingerprint density at radius 3 is 1.28 bits per heavy atom. The summed E-state index contributed by atoms with van der Waals surface area (Å²) in [4.78, 5) is 81.5. The van der Waals surface area contributed by atoms with Gasteiger partial charge in [-0.15, -0.1) is 0 Å². The lowest BCUT2D eigenvalue weighted by Gasteiger charge is -2.42. The molecule has 3 aliphatic carbocycles. The quantitative estimate of drug-likeness (QED) is 0.00999. The van der Waals surface area contributed by atoms with Crippen molar-refractivity contribution in [3.8, 4) is 17.2 Å². The molecule has 0 saturated carbocycles. The smallest absolute Gasteiger partial charge is 0.342 e. The summed E-state index contributed by atoms with van der Waals surface area (Å²) in [5, 5.41) is 58.6. The Labute approximate surface area is 802 Å². The number of allylic oxidation sites excluding steroid dienone is 3. The third kappa shape index (κ3) is 43.5. The summed E-state index contributed by atoms with van der Waals surface area (Å²) >= 11 is 5.71. The molecule has 137 heavy (non-hydrogen) atoms. The second-order valence-electron chi connectivity index (χ2n) is 30.6. The van der Waals surface area contributed by atoms with Gasteiger partial charge in [0.1, 0.15) is 45.3 Å². The van der Waals surface area contributed by atoms with Gasteiger partial charge < -0.3 is 171 Å². The maximum absolute atomic E-state index is 14.2. The van der Waals surface area contributed by atoms with Gasteiger partial charge in [-0.2, -0.15) is 0 Å². The molecule has 3 heterocycles. The lowest BCUT2D eigenvalue weighted by Crippen LogP contribution is -2.37. The zero-order chi connectivity index (χ0) is 97.4. The summed E-state index contributed by atoms with van der Waals surface area (Å²) in [5.41, 5.74) is 4.25. The van der Waals surface area contributed by atoms with Crippen LogP contribution >= 0.6 is 12.2 Å². The van der Waals surface area contributed by atoms with Crippen molar-refractivity contribution < 1.29 is 153 Å².